The number of nitrogens with two attached hydrogens (primary N) is 1. The van der Waals surface area contributed by atoms with E-state index in [1.54, 1.807) is 45.0 Å². The Kier molecular flexibility index (Phi) is 6.91. The van der Waals surface area contributed by atoms with Gasteiger partial charge in [-0.25, -0.2) is 14.6 Å². The summed E-state index contributed by atoms with van der Waals surface area (Å²) in [6.07, 6.45) is 0. The third kappa shape index (κ3) is 6.47. The van der Waals surface area contributed by atoms with Crippen molar-refractivity contribution in [2.45, 2.75) is 50.7 Å². The molecule has 0 aliphatic carbocycles. The molecule has 0 unspecified atom stereocenters. The molecule has 0 amide bonds. The fraction of sp³-hybridized carbons (Fsp3) is 0.368. The van der Waals surface area contributed by atoms with Crippen LogP contribution in [0.15, 0.2) is 39.7 Å². The van der Waals surface area contributed by atoms with Crippen LogP contribution in [0.4, 0.5) is 5.13 Å². The molecular weight excluding hydrogens is 414 g/mol. The van der Waals surface area contributed by atoms with Crippen LogP contribution >= 0.6 is 24.0 Å². The van der Waals surface area contributed by atoms with Gasteiger partial charge in [-0.2, -0.15) is 0 Å². The lowest BCUT2D eigenvalue weighted by atomic mass is 10.1. The Bertz CT molecular complexity index is 932. The molecule has 0 radical (unpaired) electrons. The first-order valence-electron chi connectivity index (χ1n) is 8.60. The quantitative estimate of drug-likeness (QED) is 0.234. The van der Waals surface area contributed by atoms with Gasteiger partial charge in [0.2, 0.25) is 11.3 Å². The monoisotopic (exact) mass is 437 g/mol. The fourth-order valence-electron chi connectivity index (χ4n) is 1.87. The summed E-state index contributed by atoms with van der Waals surface area (Å²) >= 11 is 5.38. The van der Waals surface area contributed by atoms with Gasteiger partial charge in [-0.05, 0) is 46.8 Å². The molecule has 29 heavy (non-hydrogen) atoms. The van der Waals surface area contributed by atoms with Crippen molar-refractivity contribution in [3.8, 4) is 5.75 Å². The second kappa shape index (κ2) is 8.83. The number of aromatic nitrogens is 1. The van der Waals surface area contributed by atoms with Crippen LogP contribution in [0.25, 0.3) is 0 Å². The molecule has 0 spiro atoms. The average molecular weight is 438 g/mol. The Morgan fingerprint density at radius 2 is 1.83 bits per heavy atom. The first kappa shape index (κ1) is 22.7. The molecule has 8 nitrogen and oxygen atoms in total. The average Bonchev–Trinajstić information content (AvgIpc) is 3.01. The van der Waals surface area contributed by atoms with E-state index >= 15 is 0 Å². The minimum absolute atomic E-state index is 0.161. The maximum absolute atomic E-state index is 12.7. The van der Waals surface area contributed by atoms with Gasteiger partial charge < -0.3 is 20.0 Å². The molecule has 1 aromatic heterocycles. The van der Waals surface area contributed by atoms with Crippen LogP contribution in [0.2, 0.25) is 0 Å². The lowest BCUT2D eigenvalue weighted by Crippen LogP contribution is -2.40. The lowest BCUT2D eigenvalue weighted by Gasteiger charge is -2.26. The number of benzene rings is 1. The molecule has 2 rings (SSSR count). The zero-order chi connectivity index (χ0) is 21.8. The SMILES string of the molecule is CC(C)(C)OC(=O)C(C)(C)O/N=C(\C(=O)Oc1ccccc1S)c1csc(N)n1. The summed E-state index contributed by atoms with van der Waals surface area (Å²) < 4.78 is 10.7. The molecule has 0 saturated heterocycles. The number of anilines is 1. The van der Waals surface area contributed by atoms with Gasteiger partial charge in [-0.3, -0.25) is 0 Å². The van der Waals surface area contributed by atoms with Gasteiger partial charge in [0, 0.05) is 10.3 Å². The van der Waals surface area contributed by atoms with Crippen molar-refractivity contribution in [2.24, 2.45) is 5.16 Å². The predicted octanol–water partition coefficient (Wildman–Crippen LogP) is 3.46. The highest BCUT2D eigenvalue weighted by Gasteiger charge is 2.36. The van der Waals surface area contributed by atoms with Crippen LogP contribution in [-0.4, -0.2) is 33.8 Å². The Labute approximate surface area is 178 Å². The molecule has 0 fully saturated rings. The van der Waals surface area contributed by atoms with E-state index < -0.39 is 23.1 Å². The Balaban J connectivity index is 2.30. The number of esters is 2. The van der Waals surface area contributed by atoms with E-state index in [9.17, 15) is 9.59 Å². The van der Waals surface area contributed by atoms with Crippen molar-refractivity contribution >= 4 is 46.7 Å². The highest BCUT2D eigenvalue weighted by Crippen LogP contribution is 2.23. The number of hydrogen-bond donors (Lipinski definition) is 2. The summed E-state index contributed by atoms with van der Waals surface area (Å²) in [4.78, 5) is 35.0. The zero-order valence-corrected chi connectivity index (χ0v) is 18.5. The standard InChI is InChI=1S/C19H23N3O5S2/c1-18(2,3)26-16(24)19(4,5)27-22-14(11-10-29-17(20)21-11)15(23)25-12-8-6-7-9-13(12)28/h6-10,28H,1-5H3,(H2,20,21)/b22-14-. The van der Waals surface area contributed by atoms with Crippen molar-refractivity contribution in [3.05, 3.63) is 35.3 Å². The molecule has 0 aliphatic heterocycles. The van der Waals surface area contributed by atoms with Gasteiger partial charge in [0.15, 0.2) is 5.13 Å². The summed E-state index contributed by atoms with van der Waals surface area (Å²) in [5.41, 5.74) is 3.42. The van der Waals surface area contributed by atoms with E-state index in [1.807, 2.05) is 0 Å². The summed E-state index contributed by atoms with van der Waals surface area (Å²) in [7, 11) is 0. The smallest absolute Gasteiger partial charge is 0.368 e. The normalized spacial score (nSPS) is 12.4. The number of para-hydroxylation sites is 1. The molecular formula is C19H23N3O5S2. The van der Waals surface area contributed by atoms with Gasteiger partial charge in [0.1, 0.15) is 17.0 Å². The predicted molar refractivity (Wildman–Crippen MR) is 113 cm³/mol. The van der Waals surface area contributed by atoms with Crippen LogP contribution in [0, 0.1) is 0 Å². The molecule has 156 valence electrons. The van der Waals surface area contributed by atoms with Crippen LogP contribution in [0.5, 0.6) is 5.75 Å². The van der Waals surface area contributed by atoms with E-state index in [2.05, 4.69) is 22.8 Å². The lowest BCUT2D eigenvalue weighted by molar-refractivity contribution is -0.179. The van der Waals surface area contributed by atoms with E-state index in [0.29, 0.717) is 4.90 Å². The number of hydrogen-bond acceptors (Lipinski definition) is 10. The first-order valence-corrected chi connectivity index (χ1v) is 9.93. The highest BCUT2D eigenvalue weighted by molar-refractivity contribution is 7.80. The second-order valence-corrected chi connectivity index (χ2v) is 8.84. The van der Waals surface area contributed by atoms with Crippen LogP contribution in [0.3, 0.4) is 0 Å². The molecule has 1 aromatic carbocycles. The Morgan fingerprint density at radius 3 is 2.38 bits per heavy atom. The number of ether oxygens (including phenoxy) is 2. The minimum atomic E-state index is -1.46. The summed E-state index contributed by atoms with van der Waals surface area (Å²) in [6.45, 7) is 8.16. The van der Waals surface area contributed by atoms with Gasteiger partial charge >= 0.3 is 11.9 Å². The number of oxime groups is 1. The number of nitrogens with zero attached hydrogens (tertiary/aromatic N) is 2. The number of carbonyl (C=O) groups is 2. The topological polar surface area (TPSA) is 113 Å². The first-order chi connectivity index (χ1) is 13.4. The van der Waals surface area contributed by atoms with Gasteiger partial charge in [-0.1, -0.05) is 17.3 Å². The van der Waals surface area contributed by atoms with E-state index in [4.69, 9.17) is 20.0 Å². The Hall–Kier alpha value is -2.59. The zero-order valence-electron chi connectivity index (χ0n) is 16.8. The molecule has 2 N–H and O–H groups in total. The third-order valence-electron chi connectivity index (χ3n) is 3.28. The number of carbonyl (C=O) groups excluding carboxylic acids is 2. The highest BCUT2D eigenvalue weighted by atomic mass is 32.1. The summed E-state index contributed by atoms with van der Waals surface area (Å²) in [5.74, 6) is -1.24. The Morgan fingerprint density at radius 1 is 1.17 bits per heavy atom. The molecule has 0 bridgehead atoms. The van der Waals surface area contributed by atoms with E-state index in [-0.39, 0.29) is 22.3 Å². The number of nitrogen functional groups attached to an aromatic ring is 1. The van der Waals surface area contributed by atoms with Crippen molar-refractivity contribution in [3.63, 3.8) is 0 Å². The molecule has 2 aromatic rings. The van der Waals surface area contributed by atoms with Crippen molar-refractivity contribution in [1.82, 2.24) is 4.98 Å². The number of rotatable bonds is 6. The van der Waals surface area contributed by atoms with Crippen LogP contribution in [0.1, 0.15) is 40.3 Å². The second-order valence-electron chi connectivity index (χ2n) is 7.47. The van der Waals surface area contributed by atoms with E-state index in [1.165, 1.54) is 19.2 Å². The maximum atomic E-state index is 12.7. The molecule has 0 saturated carbocycles. The molecule has 1 heterocycles. The minimum Gasteiger partial charge on any atom is -0.457 e. The van der Waals surface area contributed by atoms with Crippen LogP contribution < -0.4 is 10.5 Å². The fourth-order valence-corrected chi connectivity index (χ4v) is 2.63. The van der Waals surface area contributed by atoms with E-state index in [0.717, 1.165) is 11.3 Å². The largest absolute Gasteiger partial charge is 0.457 e. The summed E-state index contributed by atoms with van der Waals surface area (Å²) in [5, 5.41) is 5.63. The maximum Gasteiger partial charge on any atom is 0.368 e. The van der Waals surface area contributed by atoms with Crippen molar-refractivity contribution in [2.75, 3.05) is 5.73 Å². The molecule has 0 aliphatic rings. The van der Waals surface area contributed by atoms with Crippen molar-refractivity contribution < 1.29 is 23.9 Å². The molecule has 10 heteroatoms. The van der Waals surface area contributed by atoms with Gasteiger partial charge in [0.05, 0.1) is 0 Å². The number of thiazole rings is 1. The van der Waals surface area contributed by atoms with Crippen molar-refractivity contribution in [1.29, 1.82) is 0 Å². The molecule has 0 atom stereocenters. The van der Waals surface area contributed by atoms with Crippen LogP contribution in [-0.2, 0) is 19.2 Å². The summed E-state index contributed by atoms with van der Waals surface area (Å²) in [6, 6.07) is 6.70. The number of thiol groups is 1. The van der Waals surface area contributed by atoms with Gasteiger partial charge in [0.25, 0.3) is 0 Å². The third-order valence-corrected chi connectivity index (χ3v) is 4.32. The van der Waals surface area contributed by atoms with Gasteiger partial charge in [-0.15, -0.1) is 24.0 Å².